The van der Waals surface area contributed by atoms with Crippen molar-refractivity contribution in [3.63, 3.8) is 0 Å². The van der Waals surface area contributed by atoms with Crippen LogP contribution in [-0.2, 0) is 11.2 Å². The van der Waals surface area contributed by atoms with E-state index in [9.17, 15) is 9.59 Å². The molecule has 1 aromatic carbocycles. The van der Waals surface area contributed by atoms with Crippen LogP contribution in [0.4, 0.5) is 9.80 Å². The lowest BCUT2D eigenvalue weighted by atomic mass is 9.96. The molecule has 2 heterocycles. The number of carbonyl (C=O) groups excluding carboxylic acids is 2. The van der Waals surface area contributed by atoms with E-state index in [2.05, 4.69) is 10.6 Å². The average molecular weight is 388 g/mol. The molecular weight excluding hydrogens is 362 g/mol. The Bertz CT molecular complexity index is 738. The third-order valence-electron chi connectivity index (χ3n) is 4.78. The fraction of sp³-hybridized carbons (Fsp3) is 0.400. The molecule has 0 aliphatic carbocycles. The maximum absolute atomic E-state index is 12.4. The summed E-state index contributed by atoms with van der Waals surface area (Å²) in [7, 11) is 1.65. The lowest BCUT2D eigenvalue weighted by Crippen LogP contribution is -2.44. The van der Waals surface area contributed by atoms with Gasteiger partial charge in [-0.25, -0.2) is 4.79 Å². The van der Waals surface area contributed by atoms with Gasteiger partial charge in [0.1, 0.15) is 5.75 Å². The van der Waals surface area contributed by atoms with Crippen LogP contribution < -0.4 is 15.4 Å². The number of thiophene rings is 1. The number of hydrogen-bond acceptors (Lipinski definition) is 4. The molecule has 1 fully saturated rings. The second kappa shape index (κ2) is 9.41. The van der Waals surface area contributed by atoms with Gasteiger partial charge in [-0.1, -0.05) is 12.1 Å². The van der Waals surface area contributed by atoms with Crippen LogP contribution in [0.2, 0.25) is 0 Å². The zero-order valence-corrected chi connectivity index (χ0v) is 16.3. The van der Waals surface area contributed by atoms with Gasteiger partial charge in [0.25, 0.3) is 0 Å². The molecule has 2 aromatic rings. The lowest BCUT2D eigenvalue weighted by Gasteiger charge is -2.31. The number of methoxy groups -OCH3 is 1. The van der Waals surface area contributed by atoms with Crippen molar-refractivity contribution in [1.29, 1.82) is 0 Å². The van der Waals surface area contributed by atoms with Gasteiger partial charge in [-0.3, -0.25) is 10.1 Å². The van der Waals surface area contributed by atoms with Gasteiger partial charge in [0, 0.05) is 25.6 Å². The normalized spacial score (nSPS) is 14.6. The number of ether oxygens (including phenoxy) is 1. The molecule has 3 amide bonds. The summed E-state index contributed by atoms with van der Waals surface area (Å²) in [4.78, 5) is 26.4. The third kappa shape index (κ3) is 5.47. The van der Waals surface area contributed by atoms with E-state index in [-0.39, 0.29) is 17.9 Å². The fourth-order valence-electron chi connectivity index (χ4n) is 3.15. The second-order valence-electron chi connectivity index (χ2n) is 6.56. The van der Waals surface area contributed by atoms with Crippen molar-refractivity contribution in [3.05, 3.63) is 47.3 Å². The molecule has 0 atom stereocenters. The molecule has 144 valence electrons. The highest BCUT2D eigenvalue weighted by molar-refractivity contribution is 7.14. The van der Waals surface area contributed by atoms with Crippen molar-refractivity contribution in [2.45, 2.75) is 19.3 Å². The number of benzene rings is 1. The molecule has 0 saturated carbocycles. The molecule has 1 aromatic heterocycles. The van der Waals surface area contributed by atoms with Gasteiger partial charge in [0.15, 0.2) is 0 Å². The molecule has 0 spiro atoms. The summed E-state index contributed by atoms with van der Waals surface area (Å²) in [5.74, 6) is 0.895. The lowest BCUT2D eigenvalue weighted by molar-refractivity contribution is -0.126. The van der Waals surface area contributed by atoms with E-state index in [1.54, 1.807) is 12.0 Å². The smallest absolute Gasteiger partial charge is 0.322 e. The van der Waals surface area contributed by atoms with Gasteiger partial charge in [-0.2, -0.15) is 0 Å². The van der Waals surface area contributed by atoms with E-state index in [1.165, 1.54) is 11.3 Å². The highest BCUT2D eigenvalue weighted by Crippen LogP contribution is 2.20. The summed E-state index contributed by atoms with van der Waals surface area (Å²) in [6.07, 6.45) is 2.19. The summed E-state index contributed by atoms with van der Waals surface area (Å²) >= 11 is 1.50. The predicted molar refractivity (Wildman–Crippen MR) is 107 cm³/mol. The minimum atomic E-state index is -0.0872. The second-order valence-corrected chi connectivity index (χ2v) is 7.51. The Balaban J connectivity index is 1.37. The quantitative estimate of drug-likeness (QED) is 0.798. The summed E-state index contributed by atoms with van der Waals surface area (Å²) in [6, 6.07) is 11.6. The summed E-state index contributed by atoms with van der Waals surface area (Å²) in [5, 5.41) is 8.69. The van der Waals surface area contributed by atoms with E-state index < -0.39 is 0 Å². The number of nitrogens with zero attached hydrogens (tertiary/aromatic N) is 1. The fourth-order valence-corrected chi connectivity index (χ4v) is 3.75. The largest absolute Gasteiger partial charge is 0.497 e. The Morgan fingerprint density at radius 2 is 1.93 bits per heavy atom. The van der Waals surface area contributed by atoms with Gasteiger partial charge in [-0.15, -0.1) is 11.3 Å². The van der Waals surface area contributed by atoms with Crippen molar-refractivity contribution in [1.82, 2.24) is 10.2 Å². The van der Waals surface area contributed by atoms with Gasteiger partial charge >= 0.3 is 6.03 Å². The molecular formula is C20H25N3O3S. The van der Waals surface area contributed by atoms with Crippen molar-refractivity contribution in [2.75, 3.05) is 32.1 Å². The maximum atomic E-state index is 12.4. The van der Waals surface area contributed by atoms with Crippen molar-refractivity contribution >= 4 is 28.3 Å². The summed E-state index contributed by atoms with van der Waals surface area (Å²) in [5.41, 5.74) is 1.16. The first kappa shape index (κ1) is 19.2. The Kier molecular flexibility index (Phi) is 6.70. The predicted octanol–water partition coefficient (Wildman–Crippen LogP) is 3.36. The Hall–Kier alpha value is -2.54. The Labute approximate surface area is 163 Å². The minimum absolute atomic E-state index is 0.0216. The van der Waals surface area contributed by atoms with Crippen LogP contribution in [0.1, 0.15) is 18.4 Å². The summed E-state index contributed by atoms with van der Waals surface area (Å²) < 4.78 is 5.14. The highest BCUT2D eigenvalue weighted by Gasteiger charge is 2.27. The number of anilines is 1. The van der Waals surface area contributed by atoms with Crippen LogP contribution in [0.25, 0.3) is 0 Å². The van der Waals surface area contributed by atoms with Gasteiger partial charge in [0.05, 0.1) is 12.1 Å². The summed E-state index contributed by atoms with van der Waals surface area (Å²) in [6.45, 7) is 1.83. The van der Waals surface area contributed by atoms with Crippen molar-refractivity contribution in [2.24, 2.45) is 5.92 Å². The van der Waals surface area contributed by atoms with Crippen LogP contribution in [0, 0.1) is 5.92 Å². The number of piperidine rings is 1. The van der Waals surface area contributed by atoms with E-state index in [4.69, 9.17) is 4.74 Å². The van der Waals surface area contributed by atoms with Crippen LogP contribution in [0.3, 0.4) is 0 Å². The third-order valence-corrected chi connectivity index (χ3v) is 5.56. The van der Waals surface area contributed by atoms with Gasteiger partial charge in [0.2, 0.25) is 5.91 Å². The number of likely N-dealkylation sites (tertiary alicyclic amines) is 1. The van der Waals surface area contributed by atoms with E-state index >= 15 is 0 Å². The molecule has 0 radical (unpaired) electrons. The molecule has 1 aliphatic rings. The number of nitrogens with one attached hydrogen (secondary N) is 2. The first-order valence-corrected chi connectivity index (χ1v) is 10.0. The van der Waals surface area contributed by atoms with Gasteiger partial charge in [-0.05, 0) is 54.5 Å². The number of rotatable bonds is 6. The first-order valence-electron chi connectivity index (χ1n) is 9.16. The zero-order chi connectivity index (χ0) is 19.1. The molecule has 1 aliphatic heterocycles. The molecule has 2 N–H and O–H groups in total. The molecule has 3 rings (SSSR count). The number of hydrogen-bond donors (Lipinski definition) is 2. The maximum Gasteiger partial charge on any atom is 0.322 e. The van der Waals surface area contributed by atoms with Crippen LogP contribution >= 0.6 is 11.3 Å². The number of carbonyl (C=O) groups is 2. The van der Waals surface area contributed by atoms with E-state index in [1.807, 2.05) is 41.8 Å². The minimum Gasteiger partial charge on any atom is -0.497 e. The molecule has 27 heavy (non-hydrogen) atoms. The number of amides is 3. The topological polar surface area (TPSA) is 70.7 Å². The molecule has 6 nitrogen and oxygen atoms in total. The molecule has 0 unspecified atom stereocenters. The van der Waals surface area contributed by atoms with Crippen LogP contribution in [0.5, 0.6) is 5.75 Å². The van der Waals surface area contributed by atoms with Crippen molar-refractivity contribution < 1.29 is 14.3 Å². The monoisotopic (exact) mass is 387 g/mol. The SMILES string of the molecule is COc1ccc(CCNC(=O)C2CCN(C(=O)Nc3cccs3)CC2)cc1. The zero-order valence-electron chi connectivity index (χ0n) is 15.4. The standard InChI is InChI=1S/C20H25N3O3S/c1-26-17-6-4-15(5-7-17)8-11-21-19(24)16-9-12-23(13-10-16)20(25)22-18-3-2-14-27-18/h2-7,14,16H,8-13H2,1H3,(H,21,24)(H,22,25). The first-order chi connectivity index (χ1) is 13.2. The molecule has 1 saturated heterocycles. The Morgan fingerprint density at radius 1 is 1.19 bits per heavy atom. The molecule has 0 bridgehead atoms. The van der Waals surface area contributed by atoms with Crippen molar-refractivity contribution in [3.8, 4) is 5.75 Å². The van der Waals surface area contributed by atoms with Gasteiger partial charge < -0.3 is 15.0 Å². The van der Waals surface area contributed by atoms with Crippen LogP contribution in [-0.4, -0.2) is 43.6 Å². The molecule has 7 heteroatoms. The van der Waals surface area contributed by atoms with E-state index in [0.717, 1.165) is 22.7 Å². The van der Waals surface area contributed by atoms with E-state index in [0.29, 0.717) is 32.5 Å². The highest BCUT2D eigenvalue weighted by atomic mass is 32.1. The average Bonchev–Trinajstić information content (AvgIpc) is 3.21. The Morgan fingerprint density at radius 3 is 2.56 bits per heavy atom. The number of urea groups is 1. The van der Waals surface area contributed by atoms with Crippen LogP contribution in [0.15, 0.2) is 41.8 Å².